The standard InChI is InChI=1S/C27H39NO4Si/c1-26(2,3)31-25(30)28-18-21(20-29)17-22(19-28)32-33(27(4,5)6,23-13-9-7-10-14-23)24-15-11-8-12-16-24/h7-16,21-22,29H,17-20H2,1-6H3/t21-,22+/m0/s1. The lowest BCUT2D eigenvalue weighted by molar-refractivity contribution is -0.0103. The molecule has 0 radical (unpaired) electrons. The van der Waals surface area contributed by atoms with Crippen molar-refractivity contribution < 1.29 is 19.1 Å². The molecule has 6 heteroatoms. The van der Waals surface area contributed by atoms with Crippen molar-refractivity contribution in [2.24, 2.45) is 5.92 Å². The Bertz CT molecular complexity index is 866. The molecule has 1 N–H and O–H groups in total. The summed E-state index contributed by atoms with van der Waals surface area (Å²) in [5, 5.41) is 12.3. The molecule has 5 nitrogen and oxygen atoms in total. The molecule has 0 bridgehead atoms. The Kier molecular flexibility index (Phi) is 7.71. The van der Waals surface area contributed by atoms with E-state index in [-0.39, 0.29) is 29.8 Å². The van der Waals surface area contributed by atoms with Gasteiger partial charge in [-0.1, -0.05) is 81.4 Å². The van der Waals surface area contributed by atoms with Crippen molar-refractivity contribution in [3.63, 3.8) is 0 Å². The summed E-state index contributed by atoms with van der Waals surface area (Å²) in [6.45, 7) is 13.3. The quantitative estimate of drug-likeness (QED) is 0.668. The van der Waals surface area contributed by atoms with Gasteiger partial charge in [-0.15, -0.1) is 0 Å². The Labute approximate surface area is 199 Å². The van der Waals surface area contributed by atoms with Crippen LogP contribution in [0.25, 0.3) is 0 Å². The Morgan fingerprint density at radius 3 is 1.88 bits per heavy atom. The van der Waals surface area contributed by atoms with Gasteiger partial charge < -0.3 is 19.2 Å². The highest BCUT2D eigenvalue weighted by Crippen LogP contribution is 2.39. The minimum atomic E-state index is -2.75. The molecule has 0 unspecified atom stereocenters. The normalized spacial score (nSPS) is 19.9. The first-order chi connectivity index (χ1) is 15.5. The molecule has 180 valence electrons. The SMILES string of the molecule is CC(C)(C)OC(=O)N1C[C@@H](CO)C[C@@H](O[Si](c2ccccc2)(c2ccccc2)C(C)(C)C)C1. The topological polar surface area (TPSA) is 59.0 Å². The summed E-state index contributed by atoms with van der Waals surface area (Å²) in [5.74, 6) is -0.0468. The second-order valence-corrected chi connectivity index (χ2v) is 15.3. The summed E-state index contributed by atoms with van der Waals surface area (Å²) in [6, 6.07) is 21.0. The Morgan fingerprint density at radius 1 is 0.939 bits per heavy atom. The fourth-order valence-electron chi connectivity index (χ4n) is 4.79. The van der Waals surface area contributed by atoms with Crippen molar-refractivity contribution in [2.45, 2.75) is 64.7 Å². The van der Waals surface area contributed by atoms with Crippen LogP contribution in [-0.4, -0.2) is 55.8 Å². The smallest absolute Gasteiger partial charge is 0.410 e. The third-order valence-corrected chi connectivity index (χ3v) is 11.3. The molecule has 1 fully saturated rings. The number of nitrogens with zero attached hydrogens (tertiary/aromatic N) is 1. The van der Waals surface area contributed by atoms with Crippen molar-refractivity contribution >= 4 is 24.8 Å². The number of aliphatic hydroxyl groups excluding tert-OH is 1. The minimum Gasteiger partial charge on any atom is -0.444 e. The molecule has 1 amide bonds. The van der Waals surface area contributed by atoms with E-state index in [9.17, 15) is 9.90 Å². The van der Waals surface area contributed by atoms with Gasteiger partial charge in [-0.3, -0.25) is 0 Å². The maximum Gasteiger partial charge on any atom is 0.410 e. The number of benzene rings is 2. The number of hydrogen-bond donors (Lipinski definition) is 1. The Balaban J connectivity index is 2.02. The number of hydrogen-bond acceptors (Lipinski definition) is 4. The van der Waals surface area contributed by atoms with Crippen LogP contribution in [0, 0.1) is 5.92 Å². The number of ether oxygens (including phenoxy) is 1. The predicted octanol–water partition coefficient (Wildman–Crippen LogP) is 4.18. The predicted molar refractivity (Wildman–Crippen MR) is 135 cm³/mol. The fraction of sp³-hybridized carbons (Fsp3) is 0.519. The average Bonchev–Trinajstić information content (AvgIpc) is 2.76. The average molecular weight is 470 g/mol. The van der Waals surface area contributed by atoms with Crippen LogP contribution < -0.4 is 10.4 Å². The summed E-state index contributed by atoms with van der Waals surface area (Å²) in [6.07, 6.45) is 0.159. The molecule has 1 saturated heterocycles. The van der Waals surface area contributed by atoms with E-state index in [1.807, 2.05) is 32.9 Å². The van der Waals surface area contributed by atoms with Gasteiger partial charge in [0.05, 0.1) is 6.10 Å². The molecule has 0 aromatic heterocycles. The molecule has 1 heterocycles. The summed E-state index contributed by atoms with van der Waals surface area (Å²) in [7, 11) is -2.75. The van der Waals surface area contributed by atoms with E-state index in [2.05, 4.69) is 69.3 Å². The molecule has 0 aliphatic carbocycles. The number of carbonyl (C=O) groups is 1. The number of amides is 1. The largest absolute Gasteiger partial charge is 0.444 e. The van der Waals surface area contributed by atoms with Crippen LogP contribution in [-0.2, 0) is 9.16 Å². The molecule has 1 aliphatic rings. The van der Waals surface area contributed by atoms with E-state index in [0.717, 1.165) is 0 Å². The summed E-state index contributed by atoms with van der Waals surface area (Å²) < 4.78 is 12.9. The Hall–Kier alpha value is -2.15. The van der Waals surface area contributed by atoms with Crippen molar-refractivity contribution in [3.8, 4) is 0 Å². The maximum atomic E-state index is 12.9. The van der Waals surface area contributed by atoms with Gasteiger partial charge in [0.25, 0.3) is 8.32 Å². The molecule has 3 rings (SSSR count). The lowest BCUT2D eigenvalue weighted by atomic mass is 9.97. The van der Waals surface area contributed by atoms with Gasteiger partial charge in [0.1, 0.15) is 5.60 Å². The van der Waals surface area contributed by atoms with Gasteiger partial charge >= 0.3 is 6.09 Å². The summed E-state index contributed by atoms with van der Waals surface area (Å²) in [4.78, 5) is 14.6. The van der Waals surface area contributed by atoms with Gasteiger partial charge in [-0.25, -0.2) is 4.79 Å². The van der Waals surface area contributed by atoms with Gasteiger partial charge in [0.2, 0.25) is 0 Å². The van der Waals surface area contributed by atoms with E-state index in [0.29, 0.717) is 19.5 Å². The molecular weight excluding hydrogens is 430 g/mol. The number of piperidine rings is 1. The van der Waals surface area contributed by atoms with E-state index < -0.39 is 13.9 Å². The lowest BCUT2D eigenvalue weighted by Crippen LogP contribution is -2.69. The molecule has 0 saturated carbocycles. The van der Waals surface area contributed by atoms with E-state index >= 15 is 0 Å². The first-order valence-corrected chi connectivity index (χ1v) is 13.7. The van der Waals surface area contributed by atoms with Gasteiger partial charge in [-0.05, 0) is 42.6 Å². The van der Waals surface area contributed by atoms with Crippen molar-refractivity contribution in [2.75, 3.05) is 19.7 Å². The van der Waals surface area contributed by atoms with Crippen molar-refractivity contribution in [3.05, 3.63) is 60.7 Å². The maximum absolute atomic E-state index is 12.9. The second kappa shape index (κ2) is 10.00. The molecule has 0 spiro atoms. The van der Waals surface area contributed by atoms with E-state index in [1.165, 1.54) is 10.4 Å². The number of likely N-dealkylation sites (tertiary alicyclic amines) is 1. The lowest BCUT2D eigenvalue weighted by Gasteiger charge is -2.47. The van der Waals surface area contributed by atoms with Crippen LogP contribution in [0.1, 0.15) is 48.0 Å². The molecular formula is C27H39NO4Si. The first kappa shape index (κ1) is 25.5. The van der Waals surface area contributed by atoms with Crippen LogP contribution in [0.5, 0.6) is 0 Å². The zero-order valence-corrected chi connectivity index (χ0v) is 21.9. The molecule has 1 aliphatic heterocycles. The number of aliphatic hydroxyl groups is 1. The van der Waals surface area contributed by atoms with Crippen LogP contribution >= 0.6 is 0 Å². The zero-order valence-electron chi connectivity index (χ0n) is 20.9. The highest BCUT2D eigenvalue weighted by molar-refractivity contribution is 6.99. The fourth-order valence-corrected chi connectivity index (χ4v) is 9.47. The van der Waals surface area contributed by atoms with Crippen LogP contribution in [0.3, 0.4) is 0 Å². The van der Waals surface area contributed by atoms with Crippen molar-refractivity contribution in [1.82, 2.24) is 4.90 Å². The highest BCUT2D eigenvalue weighted by Gasteiger charge is 2.52. The number of carbonyl (C=O) groups excluding carboxylic acids is 1. The van der Waals surface area contributed by atoms with Crippen molar-refractivity contribution in [1.29, 1.82) is 0 Å². The van der Waals surface area contributed by atoms with Gasteiger partial charge in [-0.2, -0.15) is 0 Å². The molecule has 2 aromatic rings. The van der Waals surface area contributed by atoms with Crippen LogP contribution in [0.15, 0.2) is 60.7 Å². The summed E-state index contributed by atoms with van der Waals surface area (Å²) in [5.41, 5.74) is -0.572. The van der Waals surface area contributed by atoms with E-state index in [1.54, 1.807) is 4.90 Å². The molecule has 2 aromatic carbocycles. The van der Waals surface area contributed by atoms with Gasteiger partial charge in [0, 0.05) is 25.6 Å². The van der Waals surface area contributed by atoms with Gasteiger partial charge in [0.15, 0.2) is 0 Å². The molecule has 33 heavy (non-hydrogen) atoms. The molecule has 2 atom stereocenters. The summed E-state index contributed by atoms with van der Waals surface area (Å²) >= 11 is 0. The monoisotopic (exact) mass is 469 g/mol. The number of rotatable bonds is 5. The minimum absolute atomic E-state index is 0.0138. The second-order valence-electron chi connectivity index (χ2n) is 11.1. The first-order valence-electron chi connectivity index (χ1n) is 11.8. The third kappa shape index (κ3) is 5.86. The zero-order chi connectivity index (χ0) is 24.3. The van der Waals surface area contributed by atoms with Crippen LogP contribution in [0.2, 0.25) is 5.04 Å². The van der Waals surface area contributed by atoms with E-state index in [4.69, 9.17) is 9.16 Å². The van der Waals surface area contributed by atoms with Crippen LogP contribution in [0.4, 0.5) is 4.79 Å². The Morgan fingerprint density at radius 2 is 1.45 bits per heavy atom. The highest BCUT2D eigenvalue weighted by atomic mass is 28.4. The third-order valence-electron chi connectivity index (χ3n) is 6.17.